The molecular formula is C20H27N3O4. The summed E-state index contributed by atoms with van der Waals surface area (Å²) in [6.45, 7) is 7.63. The third kappa shape index (κ3) is 4.47. The zero-order chi connectivity index (χ0) is 19.6. The molecule has 1 atom stereocenters. The first-order chi connectivity index (χ1) is 12.8. The van der Waals surface area contributed by atoms with Crippen LogP contribution >= 0.6 is 0 Å². The van der Waals surface area contributed by atoms with Crippen molar-refractivity contribution in [2.45, 2.75) is 45.3 Å². The quantitative estimate of drug-likeness (QED) is 0.819. The number of hydrogen-bond donors (Lipinski definition) is 1. The molecule has 1 aromatic rings. The van der Waals surface area contributed by atoms with Crippen molar-refractivity contribution in [2.24, 2.45) is 0 Å². The molecule has 2 heterocycles. The molecule has 1 aromatic carbocycles. The minimum Gasteiger partial charge on any atom is -0.444 e. The molecule has 0 aromatic heterocycles. The van der Waals surface area contributed by atoms with E-state index >= 15 is 0 Å². The number of likely N-dealkylation sites (tertiary alicyclic amines) is 1. The second-order valence-electron chi connectivity index (χ2n) is 8.03. The minimum atomic E-state index is -0.511. The van der Waals surface area contributed by atoms with Crippen molar-refractivity contribution in [2.75, 3.05) is 26.2 Å². The number of ether oxygens (including phenoxy) is 1. The lowest BCUT2D eigenvalue weighted by Gasteiger charge is -2.34. The molecule has 7 nitrogen and oxygen atoms in total. The molecule has 1 unspecified atom stereocenters. The summed E-state index contributed by atoms with van der Waals surface area (Å²) in [5.41, 5.74) is 0.427. The van der Waals surface area contributed by atoms with Crippen LogP contribution in [0.25, 0.3) is 0 Å². The van der Waals surface area contributed by atoms with Gasteiger partial charge in [0.05, 0.1) is 11.1 Å². The zero-order valence-electron chi connectivity index (χ0n) is 16.2. The van der Waals surface area contributed by atoms with Crippen LogP contribution in [0.4, 0.5) is 4.79 Å². The molecule has 1 fully saturated rings. The van der Waals surface area contributed by atoms with E-state index in [0.29, 0.717) is 37.3 Å². The van der Waals surface area contributed by atoms with Gasteiger partial charge in [0.1, 0.15) is 5.60 Å². The molecule has 3 rings (SSSR count). The van der Waals surface area contributed by atoms with Crippen molar-refractivity contribution in [1.82, 2.24) is 15.1 Å². The Morgan fingerprint density at radius 2 is 1.81 bits per heavy atom. The van der Waals surface area contributed by atoms with Gasteiger partial charge in [0.2, 0.25) is 0 Å². The first-order valence-corrected chi connectivity index (χ1v) is 9.43. The van der Waals surface area contributed by atoms with Gasteiger partial charge in [-0.05, 0) is 45.7 Å². The Kier molecular flexibility index (Phi) is 5.51. The summed E-state index contributed by atoms with van der Waals surface area (Å²) in [6, 6.07) is 7.02. The number of nitrogens with one attached hydrogen (secondary N) is 1. The molecule has 2 aliphatic rings. The molecule has 0 saturated carbocycles. The van der Waals surface area contributed by atoms with Gasteiger partial charge in [0.25, 0.3) is 11.8 Å². The fourth-order valence-corrected chi connectivity index (χ4v) is 3.46. The SMILES string of the molecule is CC(C)(C)OC(=O)N1CCCC(NCCN2C(=O)c3ccccc3C2=O)C1. The maximum atomic E-state index is 12.4. The summed E-state index contributed by atoms with van der Waals surface area (Å²) in [5, 5.41) is 3.37. The number of nitrogens with zero attached hydrogens (tertiary/aromatic N) is 2. The lowest BCUT2D eigenvalue weighted by molar-refractivity contribution is 0.0187. The van der Waals surface area contributed by atoms with E-state index in [0.717, 1.165) is 12.8 Å². The number of fused-ring (bicyclic) bond motifs is 1. The number of carbonyl (C=O) groups is 3. The molecule has 7 heteroatoms. The van der Waals surface area contributed by atoms with Crippen LogP contribution in [0.5, 0.6) is 0 Å². The van der Waals surface area contributed by atoms with Gasteiger partial charge >= 0.3 is 6.09 Å². The Bertz CT molecular complexity index is 706. The summed E-state index contributed by atoms with van der Waals surface area (Å²) < 4.78 is 5.44. The second-order valence-corrected chi connectivity index (χ2v) is 8.03. The molecule has 0 aliphatic carbocycles. The Morgan fingerprint density at radius 3 is 2.41 bits per heavy atom. The van der Waals surface area contributed by atoms with E-state index in [-0.39, 0.29) is 23.9 Å². The number of rotatable bonds is 4. The van der Waals surface area contributed by atoms with Gasteiger partial charge in [-0.3, -0.25) is 14.5 Å². The number of benzene rings is 1. The number of carbonyl (C=O) groups excluding carboxylic acids is 3. The van der Waals surface area contributed by atoms with Gasteiger partial charge in [0.15, 0.2) is 0 Å². The van der Waals surface area contributed by atoms with E-state index < -0.39 is 5.60 Å². The van der Waals surface area contributed by atoms with Crippen molar-refractivity contribution in [3.05, 3.63) is 35.4 Å². The van der Waals surface area contributed by atoms with Gasteiger partial charge in [-0.15, -0.1) is 0 Å². The van der Waals surface area contributed by atoms with Crippen LogP contribution in [-0.4, -0.2) is 65.5 Å². The standard InChI is InChI=1S/C20H27N3O4/c1-20(2,3)27-19(26)22-11-6-7-14(13-22)21-10-12-23-17(24)15-8-4-5-9-16(15)18(23)25/h4-5,8-9,14,21H,6-7,10-13H2,1-3H3. The molecule has 27 heavy (non-hydrogen) atoms. The molecule has 1 N–H and O–H groups in total. The van der Waals surface area contributed by atoms with E-state index in [1.54, 1.807) is 29.2 Å². The molecule has 3 amide bonds. The predicted octanol–water partition coefficient (Wildman–Crippen LogP) is 2.27. The zero-order valence-corrected chi connectivity index (χ0v) is 16.2. The highest BCUT2D eigenvalue weighted by molar-refractivity contribution is 6.21. The van der Waals surface area contributed by atoms with E-state index in [2.05, 4.69) is 5.32 Å². The van der Waals surface area contributed by atoms with Crippen molar-refractivity contribution in [1.29, 1.82) is 0 Å². The molecular weight excluding hydrogens is 346 g/mol. The average Bonchev–Trinajstić information content (AvgIpc) is 2.86. The van der Waals surface area contributed by atoms with Crippen LogP contribution < -0.4 is 5.32 Å². The van der Waals surface area contributed by atoms with Crippen LogP contribution in [0.15, 0.2) is 24.3 Å². The lowest BCUT2D eigenvalue weighted by atomic mass is 10.1. The Hall–Kier alpha value is -2.41. The number of imide groups is 1. The van der Waals surface area contributed by atoms with Crippen molar-refractivity contribution >= 4 is 17.9 Å². The van der Waals surface area contributed by atoms with E-state index in [1.165, 1.54) is 4.90 Å². The number of hydrogen-bond acceptors (Lipinski definition) is 5. The molecule has 146 valence electrons. The van der Waals surface area contributed by atoms with Crippen LogP contribution in [0.2, 0.25) is 0 Å². The monoisotopic (exact) mass is 373 g/mol. The Labute approximate surface area is 159 Å². The molecule has 2 aliphatic heterocycles. The van der Waals surface area contributed by atoms with Gasteiger partial charge < -0.3 is 15.0 Å². The second kappa shape index (κ2) is 7.68. The summed E-state index contributed by atoms with van der Waals surface area (Å²) in [6.07, 6.45) is 1.54. The predicted molar refractivity (Wildman–Crippen MR) is 101 cm³/mol. The van der Waals surface area contributed by atoms with E-state index in [4.69, 9.17) is 4.74 Å². The number of piperidine rings is 1. The molecule has 0 radical (unpaired) electrons. The van der Waals surface area contributed by atoms with Gasteiger partial charge in [-0.1, -0.05) is 12.1 Å². The maximum Gasteiger partial charge on any atom is 0.410 e. The first kappa shape index (κ1) is 19.4. The van der Waals surface area contributed by atoms with Crippen molar-refractivity contribution < 1.29 is 19.1 Å². The average molecular weight is 373 g/mol. The van der Waals surface area contributed by atoms with Crippen LogP contribution in [0.1, 0.15) is 54.3 Å². The highest BCUT2D eigenvalue weighted by atomic mass is 16.6. The Balaban J connectivity index is 1.49. The Morgan fingerprint density at radius 1 is 1.19 bits per heavy atom. The van der Waals surface area contributed by atoms with E-state index in [1.807, 2.05) is 20.8 Å². The summed E-state index contributed by atoms with van der Waals surface area (Å²) >= 11 is 0. The van der Waals surface area contributed by atoms with Crippen molar-refractivity contribution in [3.63, 3.8) is 0 Å². The first-order valence-electron chi connectivity index (χ1n) is 9.43. The largest absolute Gasteiger partial charge is 0.444 e. The van der Waals surface area contributed by atoms with Crippen LogP contribution in [-0.2, 0) is 4.74 Å². The minimum absolute atomic E-state index is 0.126. The summed E-state index contributed by atoms with van der Waals surface area (Å²) in [5.74, 6) is -0.479. The fraction of sp³-hybridized carbons (Fsp3) is 0.550. The number of amides is 3. The van der Waals surface area contributed by atoms with Gasteiger partial charge in [0, 0.05) is 32.2 Å². The van der Waals surface area contributed by atoms with Crippen LogP contribution in [0.3, 0.4) is 0 Å². The fourth-order valence-electron chi connectivity index (χ4n) is 3.46. The molecule has 0 bridgehead atoms. The molecule has 1 saturated heterocycles. The maximum absolute atomic E-state index is 12.4. The third-order valence-electron chi connectivity index (χ3n) is 4.72. The van der Waals surface area contributed by atoms with Crippen LogP contribution in [0, 0.1) is 0 Å². The normalized spacial score (nSPS) is 20.0. The molecule has 0 spiro atoms. The smallest absolute Gasteiger partial charge is 0.410 e. The third-order valence-corrected chi connectivity index (χ3v) is 4.72. The summed E-state index contributed by atoms with van der Waals surface area (Å²) in [4.78, 5) is 40.0. The highest BCUT2D eigenvalue weighted by Crippen LogP contribution is 2.22. The van der Waals surface area contributed by atoms with Gasteiger partial charge in [-0.2, -0.15) is 0 Å². The van der Waals surface area contributed by atoms with Gasteiger partial charge in [-0.25, -0.2) is 4.79 Å². The highest BCUT2D eigenvalue weighted by Gasteiger charge is 2.35. The lowest BCUT2D eigenvalue weighted by Crippen LogP contribution is -2.50. The summed E-state index contributed by atoms with van der Waals surface area (Å²) in [7, 11) is 0. The van der Waals surface area contributed by atoms with Crippen molar-refractivity contribution in [3.8, 4) is 0 Å². The van der Waals surface area contributed by atoms with E-state index in [9.17, 15) is 14.4 Å². The topological polar surface area (TPSA) is 79.0 Å².